The van der Waals surface area contributed by atoms with E-state index in [1.165, 1.54) is 0 Å². The molecule has 0 rings (SSSR count). The van der Waals surface area contributed by atoms with Crippen molar-refractivity contribution in [2.75, 3.05) is 11.5 Å². The minimum atomic E-state index is -0.790. The summed E-state index contributed by atoms with van der Waals surface area (Å²) >= 11 is 3.19. The lowest BCUT2D eigenvalue weighted by molar-refractivity contribution is -0.137. The lowest BCUT2D eigenvalue weighted by atomic mass is 10.4. The summed E-state index contributed by atoms with van der Waals surface area (Å²) in [6.45, 7) is 4.06. The molecule has 0 saturated carbocycles. The summed E-state index contributed by atoms with van der Waals surface area (Å²) in [5.74, 6) is -0.442. The van der Waals surface area contributed by atoms with Crippen LogP contribution < -0.4 is 0 Å². The van der Waals surface area contributed by atoms with Gasteiger partial charge in [-0.1, -0.05) is 6.92 Å². The highest BCUT2D eigenvalue weighted by molar-refractivity contribution is 8.18. The summed E-state index contributed by atoms with van der Waals surface area (Å²) in [7, 11) is 0. The molecule has 0 aliphatic heterocycles. The number of carboxylic acid groups (broad SMARTS) is 2. The molecular weight excluding hydrogens is 248 g/mol. The largest absolute Gasteiger partial charge is 0.481 e. The van der Waals surface area contributed by atoms with Gasteiger partial charge in [0.2, 0.25) is 0 Å². The van der Waals surface area contributed by atoms with E-state index in [2.05, 4.69) is 0 Å². The summed E-state index contributed by atoms with van der Waals surface area (Å²) in [6.07, 6.45) is 1.20. The van der Waals surface area contributed by atoms with Gasteiger partial charge in [0.15, 0.2) is 0 Å². The highest BCUT2D eigenvalue weighted by atomic mass is 32.2. The summed E-state index contributed by atoms with van der Waals surface area (Å²) < 4.78 is -0.0785. The Kier molecular flexibility index (Phi) is 7.66. The Labute approximate surface area is 104 Å². The van der Waals surface area contributed by atoms with Crippen LogP contribution in [0, 0.1) is 0 Å². The fourth-order valence-electron chi connectivity index (χ4n) is 0.954. The maximum atomic E-state index is 10.4. The number of carbonyl (C=O) groups is 2. The molecule has 2 N–H and O–H groups in total. The van der Waals surface area contributed by atoms with Gasteiger partial charge in [0.05, 0.1) is 16.9 Å². The second-order valence-corrected chi connectivity index (χ2v) is 6.93. The molecule has 0 aromatic heterocycles. The summed E-state index contributed by atoms with van der Waals surface area (Å²) in [6, 6.07) is 0. The van der Waals surface area contributed by atoms with Crippen LogP contribution in [-0.2, 0) is 9.59 Å². The van der Waals surface area contributed by atoms with Gasteiger partial charge < -0.3 is 10.2 Å². The molecule has 0 aliphatic rings. The topological polar surface area (TPSA) is 74.6 Å². The van der Waals surface area contributed by atoms with Gasteiger partial charge in [-0.05, 0) is 13.3 Å². The molecule has 0 radical (unpaired) electrons. The standard InChI is InChI=1S/C10H18O4S2/c1-3-10(2,15-6-4-8(11)12)16-7-5-9(13)14/h3-7H2,1-2H3,(H,11,12)(H,13,14). The van der Waals surface area contributed by atoms with Crippen molar-refractivity contribution < 1.29 is 19.8 Å². The molecule has 0 bridgehead atoms. The predicted molar refractivity (Wildman–Crippen MR) is 68.1 cm³/mol. The maximum absolute atomic E-state index is 10.4. The van der Waals surface area contributed by atoms with Crippen LogP contribution in [0.2, 0.25) is 0 Å². The van der Waals surface area contributed by atoms with Crippen LogP contribution in [0.4, 0.5) is 0 Å². The second-order valence-electron chi connectivity index (χ2n) is 3.47. The van der Waals surface area contributed by atoms with Crippen molar-refractivity contribution in [1.29, 1.82) is 0 Å². The zero-order valence-electron chi connectivity index (χ0n) is 9.56. The number of hydrogen-bond donors (Lipinski definition) is 2. The Bertz CT molecular complexity index is 223. The number of carboxylic acids is 2. The van der Waals surface area contributed by atoms with E-state index in [0.717, 1.165) is 6.42 Å². The normalized spacial score (nSPS) is 11.4. The molecule has 0 amide bonds. The molecule has 0 saturated heterocycles. The van der Waals surface area contributed by atoms with Gasteiger partial charge in [-0.25, -0.2) is 0 Å². The van der Waals surface area contributed by atoms with Crippen molar-refractivity contribution in [3.8, 4) is 0 Å². The Morgan fingerprint density at radius 3 is 1.69 bits per heavy atom. The van der Waals surface area contributed by atoms with Crippen molar-refractivity contribution in [2.24, 2.45) is 0 Å². The number of rotatable bonds is 9. The first-order valence-corrected chi connectivity index (χ1v) is 7.08. The lowest BCUT2D eigenvalue weighted by Crippen LogP contribution is -2.16. The molecular formula is C10H18O4S2. The van der Waals surface area contributed by atoms with Gasteiger partial charge in [-0.2, -0.15) is 0 Å². The Balaban J connectivity index is 3.90. The van der Waals surface area contributed by atoms with E-state index < -0.39 is 11.9 Å². The average molecular weight is 266 g/mol. The monoisotopic (exact) mass is 266 g/mol. The van der Waals surface area contributed by atoms with Crippen molar-refractivity contribution in [2.45, 2.75) is 37.2 Å². The molecule has 94 valence electrons. The van der Waals surface area contributed by atoms with Gasteiger partial charge in [0, 0.05) is 11.5 Å². The van der Waals surface area contributed by atoms with Gasteiger partial charge in [-0.15, -0.1) is 23.5 Å². The summed E-state index contributed by atoms with van der Waals surface area (Å²) in [5, 5.41) is 17.1. The molecule has 0 aromatic carbocycles. The average Bonchev–Trinajstić information content (AvgIpc) is 2.16. The highest BCUT2D eigenvalue weighted by Gasteiger charge is 2.23. The molecule has 0 spiro atoms. The molecule has 6 heteroatoms. The van der Waals surface area contributed by atoms with Gasteiger partial charge in [0.1, 0.15) is 0 Å². The zero-order valence-corrected chi connectivity index (χ0v) is 11.2. The van der Waals surface area contributed by atoms with Crippen LogP contribution in [0.1, 0.15) is 33.1 Å². The molecule has 0 atom stereocenters. The van der Waals surface area contributed by atoms with E-state index in [-0.39, 0.29) is 16.9 Å². The Morgan fingerprint density at radius 2 is 1.44 bits per heavy atom. The van der Waals surface area contributed by atoms with E-state index in [0.29, 0.717) is 11.5 Å². The van der Waals surface area contributed by atoms with E-state index in [1.807, 2.05) is 13.8 Å². The van der Waals surface area contributed by atoms with Crippen LogP contribution >= 0.6 is 23.5 Å². The zero-order chi connectivity index (χ0) is 12.6. The first-order chi connectivity index (χ1) is 7.39. The van der Waals surface area contributed by atoms with E-state index in [4.69, 9.17) is 10.2 Å². The molecule has 0 aliphatic carbocycles. The number of thioether (sulfide) groups is 2. The van der Waals surface area contributed by atoms with E-state index >= 15 is 0 Å². The third-order valence-corrected chi connectivity index (χ3v) is 5.41. The number of aliphatic carboxylic acids is 2. The van der Waals surface area contributed by atoms with Crippen molar-refractivity contribution in [1.82, 2.24) is 0 Å². The fraction of sp³-hybridized carbons (Fsp3) is 0.800. The quantitative estimate of drug-likeness (QED) is 0.625. The Morgan fingerprint density at radius 1 is 1.06 bits per heavy atom. The smallest absolute Gasteiger partial charge is 0.304 e. The summed E-state index contributed by atoms with van der Waals surface area (Å²) in [4.78, 5) is 20.8. The summed E-state index contributed by atoms with van der Waals surface area (Å²) in [5.41, 5.74) is 0. The van der Waals surface area contributed by atoms with E-state index in [1.54, 1.807) is 23.5 Å². The molecule has 0 fully saturated rings. The van der Waals surface area contributed by atoms with E-state index in [9.17, 15) is 9.59 Å². The van der Waals surface area contributed by atoms with Gasteiger partial charge in [-0.3, -0.25) is 9.59 Å². The third-order valence-electron chi connectivity index (χ3n) is 2.09. The van der Waals surface area contributed by atoms with Gasteiger partial charge >= 0.3 is 11.9 Å². The molecule has 4 nitrogen and oxygen atoms in total. The van der Waals surface area contributed by atoms with Crippen molar-refractivity contribution >= 4 is 35.5 Å². The van der Waals surface area contributed by atoms with Gasteiger partial charge in [0.25, 0.3) is 0 Å². The fourth-order valence-corrected chi connectivity index (χ4v) is 3.61. The first kappa shape index (κ1) is 15.6. The third kappa shape index (κ3) is 7.87. The molecule has 0 heterocycles. The molecule has 0 aromatic rings. The van der Waals surface area contributed by atoms with Crippen LogP contribution in [0.25, 0.3) is 0 Å². The van der Waals surface area contributed by atoms with Crippen LogP contribution in [0.3, 0.4) is 0 Å². The predicted octanol–water partition coefficient (Wildman–Crippen LogP) is 2.53. The van der Waals surface area contributed by atoms with Crippen LogP contribution in [0.15, 0.2) is 0 Å². The maximum Gasteiger partial charge on any atom is 0.304 e. The van der Waals surface area contributed by atoms with Crippen LogP contribution in [0.5, 0.6) is 0 Å². The number of hydrogen-bond acceptors (Lipinski definition) is 4. The van der Waals surface area contributed by atoms with Crippen molar-refractivity contribution in [3.63, 3.8) is 0 Å². The second kappa shape index (κ2) is 7.84. The van der Waals surface area contributed by atoms with Crippen molar-refractivity contribution in [3.05, 3.63) is 0 Å². The highest BCUT2D eigenvalue weighted by Crippen LogP contribution is 2.40. The lowest BCUT2D eigenvalue weighted by Gasteiger charge is -2.26. The minimum absolute atomic E-state index is 0.0785. The SMILES string of the molecule is CCC(C)(SCCC(=O)O)SCCC(=O)O. The first-order valence-electron chi connectivity index (χ1n) is 5.11. The minimum Gasteiger partial charge on any atom is -0.481 e. The van der Waals surface area contributed by atoms with Crippen LogP contribution in [-0.4, -0.2) is 37.7 Å². The molecule has 16 heavy (non-hydrogen) atoms. The molecule has 0 unspecified atom stereocenters. The Hall–Kier alpha value is -0.360.